The molecule has 0 saturated carbocycles. The Hall–Kier alpha value is -3.53. The van der Waals surface area contributed by atoms with E-state index in [2.05, 4.69) is 0 Å². The second-order valence-electron chi connectivity index (χ2n) is 6.67. The van der Waals surface area contributed by atoms with Crippen LogP contribution in [-0.2, 0) is 4.79 Å². The maximum absolute atomic E-state index is 12.8. The lowest BCUT2D eigenvalue weighted by molar-refractivity contribution is -0.142. The van der Waals surface area contributed by atoms with E-state index in [1.807, 2.05) is 24.3 Å². The standard InChI is InChI=1S/C21H19N3O4/c22-13-15-5-7-16(8-6-15)20(25)23-9-11-24(12-10-23)21(26)19-14-27-17-3-1-2-4-18(17)28-19/h1-8,19H,9-12,14H2. The van der Waals surface area contributed by atoms with Crippen LogP contribution < -0.4 is 9.47 Å². The van der Waals surface area contributed by atoms with Gasteiger partial charge >= 0.3 is 0 Å². The van der Waals surface area contributed by atoms with E-state index in [0.717, 1.165) is 0 Å². The third-order valence-corrected chi connectivity index (χ3v) is 4.92. The van der Waals surface area contributed by atoms with Gasteiger partial charge in [-0.25, -0.2) is 0 Å². The fraction of sp³-hybridized carbons (Fsp3) is 0.286. The molecule has 2 aliphatic rings. The zero-order valence-corrected chi connectivity index (χ0v) is 15.2. The number of nitriles is 1. The van der Waals surface area contributed by atoms with Gasteiger partial charge in [-0.05, 0) is 36.4 Å². The Morgan fingerprint density at radius 2 is 1.57 bits per heavy atom. The summed E-state index contributed by atoms with van der Waals surface area (Å²) < 4.78 is 11.4. The van der Waals surface area contributed by atoms with Gasteiger partial charge in [0.05, 0.1) is 11.6 Å². The van der Waals surface area contributed by atoms with Crippen LogP contribution in [0.2, 0.25) is 0 Å². The summed E-state index contributed by atoms with van der Waals surface area (Å²) in [7, 11) is 0. The Balaban J connectivity index is 1.34. The van der Waals surface area contributed by atoms with Gasteiger partial charge in [0, 0.05) is 31.7 Å². The van der Waals surface area contributed by atoms with Gasteiger partial charge < -0.3 is 19.3 Å². The minimum atomic E-state index is -0.671. The maximum Gasteiger partial charge on any atom is 0.267 e. The van der Waals surface area contributed by atoms with Crippen LogP contribution in [0.25, 0.3) is 0 Å². The predicted molar refractivity (Wildman–Crippen MR) is 100.0 cm³/mol. The second kappa shape index (κ2) is 7.61. The average molecular weight is 377 g/mol. The van der Waals surface area contributed by atoms with Crippen molar-refractivity contribution in [3.8, 4) is 17.6 Å². The molecule has 0 N–H and O–H groups in total. The van der Waals surface area contributed by atoms with Crippen LogP contribution in [0.5, 0.6) is 11.5 Å². The summed E-state index contributed by atoms with van der Waals surface area (Å²) in [5, 5.41) is 8.86. The Morgan fingerprint density at radius 1 is 0.929 bits per heavy atom. The monoisotopic (exact) mass is 377 g/mol. The van der Waals surface area contributed by atoms with E-state index in [-0.39, 0.29) is 18.4 Å². The molecule has 0 aromatic heterocycles. The lowest BCUT2D eigenvalue weighted by Crippen LogP contribution is -2.55. The Kier molecular flexibility index (Phi) is 4.85. The molecule has 4 rings (SSSR count). The van der Waals surface area contributed by atoms with Crippen LogP contribution in [0.1, 0.15) is 15.9 Å². The number of hydrogen-bond acceptors (Lipinski definition) is 5. The fourth-order valence-corrected chi connectivity index (χ4v) is 3.34. The fourth-order valence-electron chi connectivity index (χ4n) is 3.34. The van der Waals surface area contributed by atoms with Crippen molar-refractivity contribution < 1.29 is 19.1 Å². The summed E-state index contributed by atoms with van der Waals surface area (Å²) in [6.45, 7) is 1.98. The first kappa shape index (κ1) is 17.9. The Bertz CT molecular complexity index is 927. The van der Waals surface area contributed by atoms with Crippen molar-refractivity contribution in [1.29, 1.82) is 5.26 Å². The molecule has 2 aromatic rings. The van der Waals surface area contributed by atoms with Crippen LogP contribution in [0.4, 0.5) is 0 Å². The van der Waals surface area contributed by atoms with E-state index in [4.69, 9.17) is 14.7 Å². The first-order chi connectivity index (χ1) is 13.7. The molecule has 1 unspecified atom stereocenters. The number of piperazine rings is 1. The first-order valence-electron chi connectivity index (χ1n) is 9.12. The first-order valence-corrected chi connectivity index (χ1v) is 9.12. The van der Waals surface area contributed by atoms with Crippen molar-refractivity contribution in [3.63, 3.8) is 0 Å². The third-order valence-electron chi connectivity index (χ3n) is 4.92. The molecule has 2 amide bonds. The van der Waals surface area contributed by atoms with Gasteiger partial charge in [-0.15, -0.1) is 0 Å². The number of fused-ring (bicyclic) bond motifs is 1. The van der Waals surface area contributed by atoms with Gasteiger partial charge in [0.15, 0.2) is 11.5 Å². The van der Waals surface area contributed by atoms with Gasteiger partial charge in [0.2, 0.25) is 6.10 Å². The Labute approximate surface area is 162 Å². The highest BCUT2D eigenvalue weighted by Crippen LogP contribution is 2.31. The number of rotatable bonds is 2. The number of hydrogen-bond donors (Lipinski definition) is 0. The van der Waals surface area contributed by atoms with Crippen molar-refractivity contribution in [2.24, 2.45) is 0 Å². The molecule has 2 aromatic carbocycles. The van der Waals surface area contributed by atoms with Gasteiger partial charge in [-0.2, -0.15) is 5.26 Å². The van der Waals surface area contributed by atoms with E-state index in [9.17, 15) is 9.59 Å². The molecule has 1 fully saturated rings. The molecule has 7 heteroatoms. The zero-order chi connectivity index (χ0) is 19.5. The van der Waals surface area contributed by atoms with Gasteiger partial charge in [-0.3, -0.25) is 9.59 Å². The smallest absolute Gasteiger partial charge is 0.267 e. The van der Waals surface area contributed by atoms with Gasteiger partial charge in [-0.1, -0.05) is 12.1 Å². The number of para-hydroxylation sites is 2. The molecule has 28 heavy (non-hydrogen) atoms. The summed E-state index contributed by atoms with van der Waals surface area (Å²) in [5.74, 6) is 0.994. The van der Waals surface area contributed by atoms with Crippen LogP contribution >= 0.6 is 0 Å². The number of amides is 2. The minimum absolute atomic E-state index is 0.0947. The summed E-state index contributed by atoms with van der Waals surface area (Å²) in [5.41, 5.74) is 1.06. The number of nitrogens with zero attached hydrogens (tertiary/aromatic N) is 3. The molecule has 2 heterocycles. The highest BCUT2D eigenvalue weighted by molar-refractivity contribution is 5.94. The minimum Gasteiger partial charge on any atom is -0.485 e. The van der Waals surface area contributed by atoms with Crippen LogP contribution in [0, 0.1) is 11.3 Å². The van der Waals surface area contributed by atoms with Crippen LogP contribution in [-0.4, -0.2) is 60.5 Å². The van der Waals surface area contributed by atoms with Gasteiger partial charge in [0.1, 0.15) is 6.61 Å². The molecular formula is C21H19N3O4. The summed E-state index contributed by atoms with van der Waals surface area (Å²) >= 11 is 0. The van der Waals surface area contributed by atoms with E-state index in [1.54, 1.807) is 40.1 Å². The van der Waals surface area contributed by atoms with Crippen molar-refractivity contribution in [2.45, 2.75) is 6.10 Å². The van der Waals surface area contributed by atoms with Crippen molar-refractivity contribution >= 4 is 11.8 Å². The summed E-state index contributed by atoms with van der Waals surface area (Å²) in [6, 6.07) is 15.9. The normalized spacial score (nSPS) is 18.3. The maximum atomic E-state index is 12.8. The van der Waals surface area contributed by atoms with Crippen molar-refractivity contribution in [2.75, 3.05) is 32.8 Å². The zero-order valence-electron chi connectivity index (χ0n) is 15.2. The largest absolute Gasteiger partial charge is 0.485 e. The highest BCUT2D eigenvalue weighted by Gasteiger charge is 2.33. The molecule has 0 radical (unpaired) electrons. The molecular weight excluding hydrogens is 358 g/mol. The molecule has 0 aliphatic carbocycles. The van der Waals surface area contributed by atoms with E-state index in [1.165, 1.54) is 0 Å². The molecule has 7 nitrogen and oxygen atoms in total. The highest BCUT2D eigenvalue weighted by atomic mass is 16.6. The molecule has 2 aliphatic heterocycles. The molecule has 0 spiro atoms. The molecule has 0 bridgehead atoms. The molecule has 1 saturated heterocycles. The van der Waals surface area contributed by atoms with Gasteiger partial charge in [0.25, 0.3) is 11.8 Å². The van der Waals surface area contributed by atoms with E-state index < -0.39 is 6.10 Å². The number of ether oxygens (including phenoxy) is 2. The Morgan fingerprint density at radius 3 is 2.25 bits per heavy atom. The average Bonchev–Trinajstić information content (AvgIpc) is 2.78. The molecule has 142 valence electrons. The lowest BCUT2D eigenvalue weighted by Gasteiger charge is -2.37. The topological polar surface area (TPSA) is 82.9 Å². The quantitative estimate of drug-likeness (QED) is 0.795. The van der Waals surface area contributed by atoms with E-state index >= 15 is 0 Å². The third kappa shape index (κ3) is 3.49. The number of carbonyl (C=O) groups excluding carboxylic acids is 2. The number of carbonyl (C=O) groups is 2. The SMILES string of the molecule is N#Cc1ccc(C(=O)N2CCN(C(=O)C3COc4ccccc4O3)CC2)cc1. The lowest BCUT2D eigenvalue weighted by atomic mass is 10.1. The summed E-state index contributed by atoms with van der Waals surface area (Å²) in [4.78, 5) is 28.8. The second-order valence-corrected chi connectivity index (χ2v) is 6.67. The predicted octanol–water partition coefficient (Wildman–Crippen LogP) is 1.68. The van der Waals surface area contributed by atoms with Crippen molar-refractivity contribution in [1.82, 2.24) is 9.80 Å². The van der Waals surface area contributed by atoms with Crippen LogP contribution in [0.3, 0.4) is 0 Å². The van der Waals surface area contributed by atoms with Crippen molar-refractivity contribution in [3.05, 3.63) is 59.7 Å². The van der Waals surface area contributed by atoms with E-state index in [0.29, 0.717) is 48.8 Å². The summed E-state index contributed by atoms with van der Waals surface area (Å²) in [6.07, 6.45) is -0.671. The molecule has 1 atom stereocenters. The number of benzene rings is 2. The van der Waals surface area contributed by atoms with Crippen LogP contribution in [0.15, 0.2) is 48.5 Å².